The number of hydrogen-bond acceptors (Lipinski definition) is 5. The van der Waals surface area contributed by atoms with E-state index in [0.717, 1.165) is 18.9 Å². The van der Waals surface area contributed by atoms with Gasteiger partial charge in [-0.1, -0.05) is 33.8 Å². The molecule has 5 nitrogen and oxygen atoms in total. The maximum atomic E-state index is 12.5. The van der Waals surface area contributed by atoms with Gasteiger partial charge in [0.15, 0.2) is 0 Å². The highest BCUT2D eigenvalue weighted by Gasteiger charge is 2.33. The van der Waals surface area contributed by atoms with Crippen molar-refractivity contribution in [3.63, 3.8) is 0 Å². The monoisotopic (exact) mass is 360 g/mol. The molecule has 0 N–H and O–H groups in total. The summed E-state index contributed by atoms with van der Waals surface area (Å²) < 4.78 is 15.9. The number of rotatable bonds is 7. The summed E-state index contributed by atoms with van der Waals surface area (Å²) >= 11 is 0. The zero-order chi connectivity index (χ0) is 19.1. The lowest BCUT2D eigenvalue weighted by atomic mass is 9.75. The fourth-order valence-corrected chi connectivity index (χ4v) is 3.36. The van der Waals surface area contributed by atoms with Gasteiger partial charge in [0.1, 0.15) is 11.9 Å². The molecule has 1 aromatic rings. The smallest absolute Gasteiger partial charge is 0.338 e. The van der Waals surface area contributed by atoms with Crippen LogP contribution in [-0.4, -0.2) is 24.8 Å². The second-order valence-electron chi connectivity index (χ2n) is 7.22. The van der Waals surface area contributed by atoms with Crippen molar-refractivity contribution in [3.05, 3.63) is 42.5 Å². The first kappa shape index (κ1) is 20.0. The van der Waals surface area contributed by atoms with Crippen LogP contribution in [0.25, 0.3) is 0 Å². The van der Waals surface area contributed by atoms with Crippen molar-refractivity contribution >= 4 is 11.9 Å². The Hall–Kier alpha value is -2.30. The molecule has 0 saturated heterocycles. The summed E-state index contributed by atoms with van der Waals surface area (Å²) in [5.74, 6) is 1.14. The summed E-state index contributed by atoms with van der Waals surface area (Å²) in [5.41, 5.74) is 0.487. The Labute approximate surface area is 155 Å². The first-order valence-corrected chi connectivity index (χ1v) is 9.13. The zero-order valence-corrected chi connectivity index (χ0v) is 15.8. The fraction of sp³-hybridized carbons (Fsp3) is 0.524. The molecule has 1 fully saturated rings. The van der Waals surface area contributed by atoms with Crippen LogP contribution in [-0.2, 0) is 14.3 Å². The van der Waals surface area contributed by atoms with Crippen molar-refractivity contribution in [1.82, 2.24) is 0 Å². The van der Waals surface area contributed by atoms with E-state index in [9.17, 15) is 9.59 Å². The molecule has 0 spiro atoms. The molecule has 0 aliphatic heterocycles. The first-order chi connectivity index (χ1) is 12.4. The van der Waals surface area contributed by atoms with E-state index in [2.05, 4.69) is 27.4 Å². The molecular weight excluding hydrogens is 332 g/mol. The molecule has 1 saturated carbocycles. The van der Waals surface area contributed by atoms with Crippen LogP contribution >= 0.6 is 0 Å². The number of carbonyl (C=O) groups is 2. The molecule has 1 aliphatic rings. The molecule has 1 aromatic carbocycles. The number of carbonyl (C=O) groups excluding carboxylic acids is 2. The van der Waals surface area contributed by atoms with E-state index < -0.39 is 5.97 Å². The van der Waals surface area contributed by atoms with Gasteiger partial charge >= 0.3 is 11.9 Å². The molecule has 26 heavy (non-hydrogen) atoms. The average Bonchev–Trinajstić information content (AvgIpc) is 2.61. The van der Waals surface area contributed by atoms with Gasteiger partial charge < -0.3 is 14.2 Å². The Morgan fingerprint density at radius 2 is 1.92 bits per heavy atom. The third-order valence-corrected chi connectivity index (χ3v) is 4.90. The van der Waals surface area contributed by atoms with E-state index in [1.165, 1.54) is 6.42 Å². The molecule has 0 heterocycles. The molecule has 0 aromatic heterocycles. The molecule has 0 radical (unpaired) electrons. The van der Waals surface area contributed by atoms with Crippen LogP contribution in [0.5, 0.6) is 5.75 Å². The second kappa shape index (κ2) is 9.41. The van der Waals surface area contributed by atoms with Crippen molar-refractivity contribution in [2.24, 2.45) is 17.8 Å². The van der Waals surface area contributed by atoms with E-state index in [-0.39, 0.29) is 18.9 Å². The molecule has 1 aliphatic carbocycles. The summed E-state index contributed by atoms with van der Waals surface area (Å²) in [7, 11) is 0. The predicted octanol–water partition coefficient (Wildman–Crippen LogP) is 4.37. The molecule has 3 unspecified atom stereocenters. The van der Waals surface area contributed by atoms with Crippen LogP contribution in [0.2, 0.25) is 0 Å². The van der Waals surface area contributed by atoms with Crippen molar-refractivity contribution in [2.75, 3.05) is 6.79 Å². The molecular formula is C21H28O5. The van der Waals surface area contributed by atoms with Crippen LogP contribution in [0, 0.1) is 17.8 Å². The van der Waals surface area contributed by atoms with Gasteiger partial charge in [0.05, 0.1) is 5.56 Å². The SMILES string of the molecule is C=CC(=O)OCOc1ccc(C(=O)OC2CC(C)CCC2C(C)C)cc1. The Kier molecular flexibility index (Phi) is 7.25. The summed E-state index contributed by atoms with van der Waals surface area (Å²) in [5, 5.41) is 0. The first-order valence-electron chi connectivity index (χ1n) is 9.13. The van der Waals surface area contributed by atoms with Gasteiger partial charge in [-0.3, -0.25) is 0 Å². The number of hydrogen-bond donors (Lipinski definition) is 0. The van der Waals surface area contributed by atoms with Gasteiger partial charge in [0.25, 0.3) is 0 Å². The fourth-order valence-electron chi connectivity index (χ4n) is 3.36. The molecule has 5 heteroatoms. The lowest BCUT2D eigenvalue weighted by Gasteiger charge is -2.36. The van der Waals surface area contributed by atoms with Crippen molar-refractivity contribution < 1.29 is 23.8 Å². The maximum Gasteiger partial charge on any atom is 0.338 e. The Morgan fingerprint density at radius 1 is 1.23 bits per heavy atom. The predicted molar refractivity (Wildman–Crippen MR) is 98.8 cm³/mol. The summed E-state index contributed by atoms with van der Waals surface area (Å²) in [4.78, 5) is 23.4. The van der Waals surface area contributed by atoms with Crippen LogP contribution < -0.4 is 4.74 Å². The lowest BCUT2D eigenvalue weighted by Crippen LogP contribution is -2.35. The van der Waals surface area contributed by atoms with Gasteiger partial charge in [0.2, 0.25) is 6.79 Å². The number of benzene rings is 1. The standard InChI is InChI=1S/C21H28O5/c1-5-20(22)25-13-24-17-9-7-16(8-10-17)21(23)26-19-12-15(4)6-11-18(19)14(2)3/h5,7-10,14-15,18-19H,1,6,11-13H2,2-4H3. The highest BCUT2D eigenvalue weighted by molar-refractivity contribution is 5.89. The van der Waals surface area contributed by atoms with E-state index >= 15 is 0 Å². The van der Waals surface area contributed by atoms with E-state index in [1.54, 1.807) is 24.3 Å². The molecule has 3 atom stereocenters. The Bertz CT molecular complexity index is 620. The van der Waals surface area contributed by atoms with Crippen LogP contribution in [0.4, 0.5) is 0 Å². The summed E-state index contributed by atoms with van der Waals surface area (Å²) in [6.07, 6.45) is 4.26. The van der Waals surface area contributed by atoms with Gasteiger partial charge in [-0.15, -0.1) is 0 Å². The van der Waals surface area contributed by atoms with Crippen LogP contribution in [0.15, 0.2) is 36.9 Å². The van der Waals surface area contributed by atoms with Gasteiger partial charge in [-0.25, -0.2) is 9.59 Å². The highest BCUT2D eigenvalue weighted by atomic mass is 16.7. The van der Waals surface area contributed by atoms with Crippen molar-refractivity contribution in [3.8, 4) is 5.75 Å². The quantitative estimate of drug-likeness (QED) is 0.410. The summed E-state index contributed by atoms with van der Waals surface area (Å²) in [6, 6.07) is 6.62. The van der Waals surface area contributed by atoms with E-state index in [4.69, 9.17) is 14.2 Å². The van der Waals surface area contributed by atoms with Gasteiger partial charge in [0, 0.05) is 6.08 Å². The molecule has 0 amide bonds. The van der Waals surface area contributed by atoms with E-state index in [0.29, 0.717) is 29.1 Å². The lowest BCUT2D eigenvalue weighted by molar-refractivity contribution is -0.144. The third kappa shape index (κ3) is 5.61. The molecule has 2 rings (SSSR count). The largest absolute Gasteiger partial charge is 0.458 e. The summed E-state index contributed by atoms with van der Waals surface area (Å²) in [6.45, 7) is 9.69. The normalized spacial score (nSPS) is 22.5. The minimum absolute atomic E-state index is 0.0273. The van der Waals surface area contributed by atoms with Crippen molar-refractivity contribution in [1.29, 1.82) is 0 Å². The zero-order valence-electron chi connectivity index (χ0n) is 15.8. The number of esters is 2. The minimum atomic E-state index is -0.549. The topological polar surface area (TPSA) is 61.8 Å². The van der Waals surface area contributed by atoms with Crippen LogP contribution in [0.1, 0.15) is 50.4 Å². The Morgan fingerprint density at radius 3 is 2.54 bits per heavy atom. The average molecular weight is 360 g/mol. The minimum Gasteiger partial charge on any atom is -0.458 e. The van der Waals surface area contributed by atoms with Crippen molar-refractivity contribution in [2.45, 2.75) is 46.1 Å². The van der Waals surface area contributed by atoms with Crippen LogP contribution in [0.3, 0.4) is 0 Å². The Balaban J connectivity index is 1.92. The van der Waals surface area contributed by atoms with Gasteiger partial charge in [-0.2, -0.15) is 0 Å². The third-order valence-electron chi connectivity index (χ3n) is 4.90. The highest BCUT2D eigenvalue weighted by Crippen LogP contribution is 2.35. The molecule has 142 valence electrons. The maximum absolute atomic E-state index is 12.5. The number of ether oxygens (including phenoxy) is 3. The molecule has 0 bridgehead atoms. The van der Waals surface area contributed by atoms with E-state index in [1.807, 2.05) is 0 Å². The second-order valence-corrected chi connectivity index (χ2v) is 7.22. The van der Waals surface area contributed by atoms with Gasteiger partial charge in [-0.05, 0) is 54.9 Å².